The maximum atomic E-state index is 13.9. The van der Waals surface area contributed by atoms with Gasteiger partial charge in [-0.15, -0.1) is 0 Å². The van der Waals surface area contributed by atoms with Crippen LogP contribution in [0.25, 0.3) is 32.8 Å². The number of hydrogen-bond acceptors (Lipinski definition) is 6. The second-order valence-corrected chi connectivity index (χ2v) is 12.5. The molecule has 8 nitrogen and oxygen atoms in total. The standard InChI is InChI=1S/C40H43BrN4O4/c1-4-47-40(46)39-32(21-12-25-48-36-22-10-15-28-14-8-9-18-30(28)36)31-19-11-20-33(38(31)45(39)24-13-23-42-2)37-34(43-44(3)35(37)26-41)27-49-29-16-6-5-7-17-29/h5-11,14-20,22,42H,4,12-13,21,23-27H2,1-3H3. The highest BCUT2D eigenvalue weighted by Crippen LogP contribution is 2.39. The van der Waals surface area contributed by atoms with Gasteiger partial charge in [0.2, 0.25) is 0 Å². The third-order valence-electron chi connectivity index (χ3n) is 8.80. The van der Waals surface area contributed by atoms with Gasteiger partial charge in [-0.2, -0.15) is 5.10 Å². The average Bonchev–Trinajstić information content (AvgIpc) is 3.63. The van der Waals surface area contributed by atoms with Crippen molar-refractivity contribution in [1.29, 1.82) is 0 Å². The average molecular weight is 724 g/mol. The molecule has 6 aromatic rings. The number of rotatable bonds is 16. The molecular weight excluding hydrogens is 680 g/mol. The third-order valence-corrected chi connectivity index (χ3v) is 9.33. The Morgan fingerprint density at radius 3 is 2.45 bits per heavy atom. The number of carbonyl (C=O) groups excluding carboxylic acids is 1. The lowest BCUT2D eigenvalue weighted by atomic mass is 9.98. The quantitative estimate of drug-likeness (QED) is 0.0614. The SMILES string of the molecule is CCOC(=O)c1c(CCCOc2cccc3ccccc23)c2cccc(-c3c(COc4ccccc4)nn(C)c3CBr)c2n1CCCNC. The van der Waals surface area contributed by atoms with Crippen molar-refractivity contribution in [3.63, 3.8) is 0 Å². The molecular formula is C40H43BrN4O4. The molecule has 0 saturated carbocycles. The predicted octanol–water partition coefficient (Wildman–Crippen LogP) is 8.47. The number of fused-ring (bicyclic) bond motifs is 2. The maximum absolute atomic E-state index is 13.9. The van der Waals surface area contributed by atoms with Crippen molar-refractivity contribution in [2.75, 3.05) is 26.8 Å². The molecule has 2 aromatic heterocycles. The van der Waals surface area contributed by atoms with Gasteiger partial charge in [0.05, 0.1) is 24.4 Å². The Morgan fingerprint density at radius 2 is 1.65 bits per heavy atom. The lowest BCUT2D eigenvalue weighted by molar-refractivity contribution is 0.0512. The zero-order chi connectivity index (χ0) is 34.2. The topological polar surface area (TPSA) is 79.5 Å². The molecule has 4 aromatic carbocycles. The number of nitrogens with one attached hydrogen (secondary N) is 1. The summed E-state index contributed by atoms with van der Waals surface area (Å²) in [7, 11) is 3.91. The molecule has 254 valence electrons. The van der Waals surface area contributed by atoms with E-state index in [9.17, 15) is 4.79 Å². The molecule has 49 heavy (non-hydrogen) atoms. The highest BCUT2D eigenvalue weighted by Gasteiger charge is 2.28. The summed E-state index contributed by atoms with van der Waals surface area (Å²) in [6, 6.07) is 30.5. The van der Waals surface area contributed by atoms with Crippen LogP contribution >= 0.6 is 15.9 Å². The maximum Gasteiger partial charge on any atom is 0.355 e. The van der Waals surface area contributed by atoms with E-state index in [-0.39, 0.29) is 5.97 Å². The molecule has 0 aliphatic carbocycles. The first kappa shape index (κ1) is 34.3. The van der Waals surface area contributed by atoms with Gasteiger partial charge >= 0.3 is 5.97 Å². The van der Waals surface area contributed by atoms with Gasteiger partial charge in [0.15, 0.2) is 0 Å². The van der Waals surface area contributed by atoms with E-state index in [4.69, 9.17) is 19.3 Å². The van der Waals surface area contributed by atoms with Gasteiger partial charge in [-0.1, -0.05) is 88.7 Å². The minimum atomic E-state index is -0.307. The smallest absolute Gasteiger partial charge is 0.355 e. The van der Waals surface area contributed by atoms with Gasteiger partial charge in [-0.25, -0.2) is 4.79 Å². The van der Waals surface area contributed by atoms with Crippen molar-refractivity contribution in [2.24, 2.45) is 7.05 Å². The zero-order valence-corrected chi connectivity index (χ0v) is 30.0. The summed E-state index contributed by atoms with van der Waals surface area (Å²) in [5.41, 5.74) is 6.48. The number of esters is 1. The van der Waals surface area contributed by atoms with Crippen molar-refractivity contribution in [3.05, 3.63) is 114 Å². The van der Waals surface area contributed by atoms with Crippen LogP contribution in [0, 0.1) is 0 Å². The van der Waals surface area contributed by atoms with E-state index in [1.165, 1.54) is 0 Å². The minimum Gasteiger partial charge on any atom is -0.493 e. The predicted molar refractivity (Wildman–Crippen MR) is 200 cm³/mol. The van der Waals surface area contributed by atoms with E-state index < -0.39 is 0 Å². The molecule has 0 aliphatic heterocycles. The van der Waals surface area contributed by atoms with E-state index in [2.05, 4.69) is 62.2 Å². The van der Waals surface area contributed by atoms with Crippen molar-refractivity contribution >= 4 is 43.6 Å². The molecule has 1 N–H and O–H groups in total. The lowest BCUT2D eigenvalue weighted by Crippen LogP contribution is -2.17. The lowest BCUT2D eigenvalue weighted by Gasteiger charge is -2.14. The molecule has 0 atom stereocenters. The summed E-state index contributed by atoms with van der Waals surface area (Å²) in [6.45, 7) is 4.43. The Hall–Kier alpha value is -4.60. The van der Waals surface area contributed by atoms with E-state index >= 15 is 0 Å². The fraction of sp³-hybridized carbons (Fsp3) is 0.300. The second kappa shape index (κ2) is 16.2. The highest BCUT2D eigenvalue weighted by atomic mass is 79.9. The summed E-state index contributed by atoms with van der Waals surface area (Å²) in [5, 5.41) is 12.1. The van der Waals surface area contributed by atoms with Crippen molar-refractivity contribution in [3.8, 4) is 22.6 Å². The number of aryl methyl sites for hydroxylation is 3. The molecule has 2 heterocycles. The Morgan fingerprint density at radius 1 is 0.898 bits per heavy atom. The molecule has 0 amide bonds. The van der Waals surface area contributed by atoms with Gasteiger partial charge in [0, 0.05) is 40.8 Å². The van der Waals surface area contributed by atoms with Crippen LogP contribution in [0.5, 0.6) is 11.5 Å². The van der Waals surface area contributed by atoms with Crippen molar-refractivity contribution < 1.29 is 19.0 Å². The number of aromatic nitrogens is 3. The Bertz CT molecular complexity index is 2030. The van der Waals surface area contributed by atoms with Crippen molar-refractivity contribution in [2.45, 2.75) is 44.7 Å². The number of halogens is 1. The van der Waals surface area contributed by atoms with Crippen LogP contribution in [0.2, 0.25) is 0 Å². The fourth-order valence-electron chi connectivity index (χ4n) is 6.61. The number of alkyl halides is 1. The molecule has 9 heteroatoms. The Kier molecular flexibility index (Phi) is 11.3. The number of carbonyl (C=O) groups is 1. The fourth-order valence-corrected chi connectivity index (χ4v) is 7.25. The van der Waals surface area contributed by atoms with Gasteiger partial charge in [0.1, 0.15) is 29.5 Å². The van der Waals surface area contributed by atoms with Crippen LogP contribution in [0.3, 0.4) is 0 Å². The van der Waals surface area contributed by atoms with E-state index in [1.54, 1.807) is 0 Å². The summed E-state index contributed by atoms with van der Waals surface area (Å²) < 4.78 is 22.4. The zero-order valence-electron chi connectivity index (χ0n) is 28.4. The molecule has 0 spiro atoms. The number of hydrogen-bond donors (Lipinski definition) is 1. The highest BCUT2D eigenvalue weighted by molar-refractivity contribution is 9.08. The normalized spacial score (nSPS) is 11.3. The monoisotopic (exact) mass is 722 g/mol. The van der Waals surface area contributed by atoms with Gasteiger partial charge in [-0.3, -0.25) is 4.68 Å². The van der Waals surface area contributed by atoms with Crippen LogP contribution in [0.4, 0.5) is 0 Å². The summed E-state index contributed by atoms with van der Waals surface area (Å²) in [4.78, 5) is 13.9. The van der Waals surface area contributed by atoms with Crippen LogP contribution in [-0.2, 0) is 36.7 Å². The molecule has 6 rings (SSSR count). The first-order valence-corrected chi connectivity index (χ1v) is 18.0. The molecule has 0 unspecified atom stereocenters. The minimum absolute atomic E-state index is 0.296. The van der Waals surface area contributed by atoms with E-state index in [0.29, 0.717) is 43.8 Å². The van der Waals surface area contributed by atoms with E-state index in [0.717, 1.165) is 80.6 Å². The molecule has 0 aliphatic rings. The molecule has 0 saturated heterocycles. The van der Waals surface area contributed by atoms with Crippen LogP contribution in [-0.4, -0.2) is 47.1 Å². The second-order valence-electron chi connectivity index (χ2n) is 11.9. The molecule has 0 radical (unpaired) electrons. The summed E-state index contributed by atoms with van der Waals surface area (Å²) in [5.74, 6) is 1.34. The molecule has 0 fully saturated rings. The Labute approximate surface area is 296 Å². The van der Waals surface area contributed by atoms with Gasteiger partial charge in [-0.05, 0) is 68.9 Å². The Balaban J connectivity index is 1.42. The number of nitrogens with zero attached hydrogens (tertiary/aromatic N) is 3. The first-order chi connectivity index (χ1) is 24.0. The van der Waals surface area contributed by atoms with E-state index in [1.807, 2.05) is 80.3 Å². The van der Waals surface area contributed by atoms with Crippen LogP contribution < -0.4 is 14.8 Å². The van der Waals surface area contributed by atoms with Gasteiger partial charge < -0.3 is 24.1 Å². The number of para-hydroxylation sites is 2. The summed E-state index contributed by atoms with van der Waals surface area (Å²) >= 11 is 3.73. The first-order valence-electron chi connectivity index (χ1n) is 16.9. The van der Waals surface area contributed by atoms with Crippen LogP contribution in [0.15, 0.2) is 91.0 Å². The molecule has 0 bridgehead atoms. The van der Waals surface area contributed by atoms with Crippen molar-refractivity contribution in [1.82, 2.24) is 19.7 Å². The number of ether oxygens (including phenoxy) is 3. The van der Waals surface area contributed by atoms with Crippen LogP contribution in [0.1, 0.15) is 47.2 Å². The number of benzene rings is 4. The third kappa shape index (κ3) is 7.38. The largest absolute Gasteiger partial charge is 0.493 e. The van der Waals surface area contributed by atoms with Gasteiger partial charge in [0.25, 0.3) is 0 Å². The summed E-state index contributed by atoms with van der Waals surface area (Å²) in [6.07, 6.45) is 2.22.